The Bertz CT molecular complexity index is 2120. The Morgan fingerprint density at radius 1 is 0.795 bits per heavy atom. The van der Waals surface area contributed by atoms with Gasteiger partial charge in [-0.1, -0.05) is 30.0 Å². The summed E-state index contributed by atoms with van der Waals surface area (Å²) in [7, 11) is -14.2. The van der Waals surface area contributed by atoms with Crippen LogP contribution in [0.4, 0.5) is 22.7 Å². The van der Waals surface area contributed by atoms with E-state index >= 15 is 0 Å². The second-order valence-electron chi connectivity index (χ2n) is 8.81. The maximum atomic E-state index is 13.5. The van der Waals surface area contributed by atoms with Gasteiger partial charge in [0.15, 0.2) is 0 Å². The van der Waals surface area contributed by atoms with E-state index in [4.69, 9.17) is 0 Å². The summed E-state index contributed by atoms with van der Waals surface area (Å²) in [4.78, 5) is 1.64. The fraction of sp³-hybridized carbons (Fsp3) is 0.0800. The molecule has 220 valence electrons. The molecule has 0 aliphatic heterocycles. The van der Waals surface area contributed by atoms with E-state index in [2.05, 4.69) is 19.9 Å². The monoisotopic (exact) mass is 678 g/mol. The normalized spacial score (nSPS) is 12.5. The van der Waals surface area contributed by atoms with Crippen molar-refractivity contribution in [3.8, 4) is 5.75 Å². The molecule has 14 nitrogen and oxygen atoms in total. The molecule has 3 N–H and O–H groups in total. The fourth-order valence-corrected chi connectivity index (χ4v) is 6.12. The van der Waals surface area contributed by atoms with Gasteiger partial charge >= 0.3 is 59.1 Å². The Hall–Kier alpha value is -2.42. The van der Waals surface area contributed by atoms with Crippen LogP contribution in [0, 0.1) is 6.92 Å². The maximum Gasteiger partial charge on any atom is 1.00 e. The van der Waals surface area contributed by atoms with Crippen LogP contribution >= 0.6 is 0 Å². The SMILES string of the molecule is CC([O-])=Nc1cc(S(=O)(=O)O)cc2cc(S(=O)(=O)O)c(N=Nc3ccc(C)cc3NS(=O)(=O)c3ccccc3)c([O-])c12.[Na+].[Na+]. The minimum atomic E-state index is -5.19. The van der Waals surface area contributed by atoms with Gasteiger partial charge in [-0.05, 0) is 73.2 Å². The zero-order chi connectivity index (χ0) is 31.0. The summed E-state index contributed by atoms with van der Waals surface area (Å²) in [6.07, 6.45) is 0. The number of anilines is 1. The van der Waals surface area contributed by atoms with E-state index in [1.165, 1.54) is 42.5 Å². The molecular formula is C25H20N4Na2O10S3. The number of nitrogens with zero attached hydrogens (tertiary/aromatic N) is 3. The molecule has 0 bridgehead atoms. The Labute approximate surface area is 297 Å². The van der Waals surface area contributed by atoms with Crippen molar-refractivity contribution < 1.29 is 104 Å². The summed E-state index contributed by atoms with van der Waals surface area (Å²) in [6.45, 7) is 2.66. The summed E-state index contributed by atoms with van der Waals surface area (Å²) in [5, 5.41) is 31.9. The first kappa shape index (κ1) is 37.8. The molecule has 0 spiro atoms. The van der Waals surface area contributed by atoms with Crippen LogP contribution < -0.4 is 74.0 Å². The second-order valence-corrected chi connectivity index (χ2v) is 13.3. The van der Waals surface area contributed by atoms with Gasteiger partial charge in [0.25, 0.3) is 30.3 Å². The Kier molecular flexibility index (Phi) is 12.3. The number of hydrogen-bond acceptors (Lipinski definition) is 11. The first-order chi connectivity index (χ1) is 19.5. The number of sulfonamides is 1. The zero-order valence-corrected chi connectivity index (χ0v) is 30.0. The molecular weight excluding hydrogens is 658 g/mol. The van der Waals surface area contributed by atoms with Gasteiger partial charge in [0.1, 0.15) is 10.6 Å². The molecule has 4 aromatic rings. The third kappa shape index (κ3) is 8.64. The molecule has 0 radical (unpaired) electrons. The van der Waals surface area contributed by atoms with Crippen LogP contribution in [0.2, 0.25) is 0 Å². The molecule has 4 aromatic carbocycles. The average molecular weight is 679 g/mol. The van der Waals surface area contributed by atoms with E-state index in [-0.39, 0.29) is 75.4 Å². The molecule has 0 saturated heterocycles. The summed E-state index contributed by atoms with van der Waals surface area (Å²) in [6, 6.07) is 13.8. The first-order valence-electron chi connectivity index (χ1n) is 11.6. The quantitative estimate of drug-likeness (QED) is 0.0575. The van der Waals surface area contributed by atoms with Crippen molar-refractivity contribution in [1.29, 1.82) is 0 Å². The molecule has 4 rings (SSSR count). The van der Waals surface area contributed by atoms with Crippen LogP contribution in [0.5, 0.6) is 5.75 Å². The van der Waals surface area contributed by atoms with Gasteiger partial charge in [-0.3, -0.25) is 18.8 Å². The Morgan fingerprint density at radius 3 is 2.00 bits per heavy atom. The minimum Gasteiger partial charge on any atom is -0.870 e. The van der Waals surface area contributed by atoms with Crippen molar-refractivity contribution in [2.75, 3.05) is 4.72 Å². The van der Waals surface area contributed by atoms with Gasteiger partial charge in [-0.25, -0.2) is 8.42 Å². The van der Waals surface area contributed by atoms with Crippen LogP contribution in [-0.2, 0) is 30.3 Å². The number of nitrogens with one attached hydrogen (secondary N) is 1. The Balaban J connectivity index is 0.00000337. The van der Waals surface area contributed by atoms with Crippen LogP contribution in [0.1, 0.15) is 12.5 Å². The minimum absolute atomic E-state index is 0. The van der Waals surface area contributed by atoms with Gasteiger partial charge in [0.2, 0.25) is 0 Å². The molecule has 0 aromatic heterocycles. The third-order valence-corrected chi connectivity index (χ3v) is 8.72. The van der Waals surface area contributed by atoms with Crippen molar-refractivity contribution in [1.82, 2.24) is 0 Å². The Morgan fingerprint density at radius 2 is 1.43 bits per heavy atom. The second kappa shape index (κ2) is 14.3. The van der Waals surface area contributed by atoms with Crippen molar-refractivity contribution in [2.24, 2.45) is 15.2 Å². The third-order valence-electron chi connectivity index (χ3n) is 5.64. The van der Waals surface area contributed by atoms with E-state index in [1.807, 2.05) is 0 Å². The summed E-state index contributed by atoms with van der Waals surface area (Å²) in [5.74, 6) is -2.08. The fourth-order valence-electron chi connectivity index (χ4n) is 3.85. The van der Waals surface area contributed by atoms with Crippen LogP contribution in [0.15, 0.2) is 96.6 Å². The van der Waals surface area contributed by atoms with Crippen molar-refractivity contribution in [3.05, 3.63) is 72.3 Å². The molecule has 0 saturated carbocycles. The molecule has 0 amide bonds. The summed E-state index contributed by atoms with van der Waals surface area (Å²) < 4.78 is 95.5. The number of hydrogen-bond donors (Lipinski definition) is 3. The van der Waals surface area contributed by atoms with E-state index in [0.717, 1.165) is 19.1 Å². The molecule has 0 heterocycles. The van der Waals surface area contributed by atoms with Crippen molar-refractivity contribution in [2.45, 2.75) is 28.5 Å². The van der Waals surface area contributed by atoms with Gasteiger partial charge < -0.3 is 10.2 Å². The van der Waals surface area contributed by atoms with Crippen LogP contribution in [0.3, 0.4) is 0 Å². The molecule has 0 fully saturated rings. The van der Waals surface area contributed by atoms with Gasteiger partial charge in [0, 0.05) is 5.39 Å². The van der Waals surface area contributed by atoms with E-state index < -0.39 is 73.8 Å². The largest absolute Gasteiger partial charge is 1.00 e. The average Bonchev–Trinajstić information content (AvgIpc) is 2.87. The molecule has 0 atom stereocenters. The summed E-state index contributed by atoms with van der Waals surface area (Å²) >= 11 is 0. The van der Waals surface area contributed by atoms with Gasteiger partial charge in [-0.2, -0.15) is 16.8 Å². The number of benzene rings is 4. The number of fused-ring (bicyclic) bond motifs is 1. The van der Waals surface area contributed by atoms with E-state index in [0.29, 0.717) is 11.6 Å². The van der Waals surface area contributed by atoms with Gasteiger partial charge in [0.05, 0.1) is 26.9 Å². The first-order valence-corrected chi connectivity index (χ1v) is 15.9. The standard InChI is InChI=1S/C25H22N4O10S3.2Na/c1-14-8-9-19(20(10-14)29-40(32,33)17-6-4-3-5-7-17)27-28-24-22(42(37,38)39)12-16-11-18(41(34,35)36)13-21(26-15(2)30)23(16)25(24)31;;/h3-13,29,31H,1-2H3,(H,26,30)(H,34,35,36)(H,37,38,39);;/q;2*+1/p-2. The predicted octanol–water partition coefficient (Wildman–Crippen LogP) is -2.65. The predicted molar refractivity (Wildman–Crippen MR) is 148 cm³/mol. The summed E-state index contributed by atoms with van der Waals surface area (Å²) in [5.41, 5.74) is -1.08. The van der Waals surface area contributed by atoms with Crippen molar-refractivity contribution >= 4 is 69.7 Å². The smallest absolute Gasteiger partial charge is 0.870 e. The van der Waals surface area contributed by atoms with Crippen LogP contribution in [-0.4, -0.2) is 40.3 Å². The number of aryl methyl sites for hydroxylation is 1. The number of rotatable bonds is 8. The molecule has 0 unspecified atom stereocenters. The van der Waals surface area contributed by atoms with Crippen molar-refractivity contribution in [3.63, 3.8) is 0 Å². The van der Waals surface area contributed by atoms with E-state index in [9.17, 15) is 44.6 Å². The molecule has 19 heteroatoms. The number of aliphatic imine (C=N–C) groups is 1. The molecule has 44 heavy (non-hydrogen) atoms. The number of azo groups is 1. The molecule has 0 aliphatic rings. The van der Waals surface area contributed by atoms with Gasteiger partial charge in [-0.15, -0.1) is 10.2 Å². The van der Waals surface area contributed by atoms with Crippen LogP contribution in [0.25, 0.3) is 10.8 Å². The van der Waals surface area contributed by atoms with E-state index in [1.54, 1.807) is 13.0 Å². The maximum absolute atomic E-state index is 13.5. The molecule has 0 aliphatic carbocycles. The topological polar surface area (TPSA) is 238 Å². The zero-order valence-electron chi connectivity index (χ0n) is 23.6.